The van der Waals surface area contributed by atoms with Gasteiger partial charge in [0.25, 0.3) is 0 Å². The molecule has 0 radical (unpaired) electrons. The molecule has 0 aromatic rings. The molecule has 12 aliphatic carbocycles. The van der Waals surface area contributed by atoms with Crippen LogP contribution in [0.5, 0.6) is 0 Å². The predicted molar refractivity (Wildman–Crippen MR) is 307 cm³/mol. The van der Waals surface area contributed by atoms with Crippen LogP contribution in [-0.4, -0.2) is 124 Å². The van der Waals surface area contributed by atoms with Gasteiger partial charge in [0, 0.05) is 0 Å². The fraction of sp³-hybridized carbons (Fsp3) is 0.864. The van der Waals surface area contributed by atoms with Gasteiger partial charge in [-0.3, -0.25) is 28.8 Å². The molecule has 0 amide bonds. The van der Waals surface area contributed by atoms with Crippen molar-refractivity contribution >= 4 is 53.7 Å². The van der Waals surface area contributed by atoms with Gasteiger partial charge in [-0.1, -0.05) is 20.8 Å². The number of hydrogen-bond acceptors (Lipinski definition) is 18. The molecule has 0 spiro atoms. The molecule has 12 bridgehead atoms. The Morgan fingerprint density at radius 1 is 0.326 bits per heavy atom. The van der Waals surface area contributed by atoms with Crippen molar-refractivity contribution in [1.29, 1.82) is 0 Å². The zero-order valence-corrected chi connectivity index (χ0v) is 54.6. The Labute approximate surface area is 532 Å². The van der Waals surface area contributed by atoms with Crippen molar-refractivity contribution in [2.24, 2.45) is 85.8 Å². The summed E-state index contributed by atoms with van der Waals surface area (Å²) in [7, 11) is 0. The molecule has 0 saturated heterocycles. The van der Waals surface area contributed by atoms with Gasteiger partial charge in [-0.15, -0.1) is 0 Å². The van der Waals surface area contributed by atoms with Gasteiger partial charge in [-0.05, 0) is 230 Å². The largest absolute Gasteiger partial charge is 0.504 e. The molecule has 0 aromatic carbocycles. The first-order valence-electron chi connectivity index (χ1n) is 32.8. The van der Waals surface area contributed by atoms with Crippen LogP contribution in [0.15, 0.2) is 0 Å². The van der Waals surface area contributed by atoms with E-state index >= 15 is 0 Å². The highest BCUT2D eigenvalue weighted by Gasteiger charge is 2.62. The van der Waals surface area contributed by atoms with Crippen LogP contribution in [0.2, 0.25) is 0 Å². The minimum Gasteiger partial charge on any atom is -0.462 e. The average Bonchev–Trinajstić information content (AvgIpc) is 0.757. The van der Waals surface area contributed by atoms with Gasteiger partial charge < -0.3 is 42.6 Å². The van der Waals surface area contributed by atoms with Gasteiger partial charge in [-0.25, -0.2) is 14.4 Å². The Morgan fingerprint density at radius 2 is 0.565 bits per heavy atom. The van der Waals surface area contributed by atoms with Gasteiger partial charge in [0.05, 0.1) is 32.5 Å². The van der Waals surface area contributed by atoms with Crippen LogP contribution in [0.3, 0.4) is 0 Å². The second kappa shape index (κ2) is 28.5. The number of carbonyl (C=O) groups excluding carboxylic acids is 9. The summed E-state index contributed by atoms with van der Waals surface area (Å²) in [6.07, 6.45) is 4.94. The second-order valence-electron chi connectivity index (χ2n) is 30.2. The normalized spacial score (nSPS) is 29.9. The number of halogens is 8. The summed E-state index contributed by atoms with van der Waals surface area (Å²) < 4.78 is 155. The van der Waals surface area contributed by atoms with E-state index in [4.69, 9.17) is 18.9 Å². The summed E-state index contributed by atoms with van der Waals surface area (Å²) in [4.78, 5) is 108. The van der Waals surface area contributed by atoms with Crippen molar-refractivity contribution in [2.75, 3.05) is 46.2 Å². The molecule has 12 aliphatic rings. The number of hydrogen-bond donors (Lipinski definition) is 0. The van der Waals surface area contributed by atoms with Crippen LogP contribution in [0.4, 0.5) is 35.1 Å². The molecule has 12 rings (SSSR count). The number of carbonyl (C=O) groups is 9. The maximum absolute atomic E-state index is 14.3. The molecule has 0 heterocycles. The molecular formula is C66H94F8O18. The molecule has 0 aromatic heterocycles. The fourth-order valence-corrected chi connectivity index (χ4v) is 16.4. The van der Waals surface area contributed by atoms with E-state index in [0.717, 1.165) is 57.8 Å². The first-order valence-corrected chi connectivity index (χ1v) is 32.8. The van der Waals surface area contributed by atoms with E-state index in [2.05, 4.69) is 23.7 Å². The Kier molecular flexibility index (Phi) is 23.0. The van der Waals surface area contributed by atoms with Crippen LogP contribution >= 0.6 is 0 Å². The summed E-state index contributed by atoms with van der Waals surface area (Å²) in [5, 5.41) is 0. The minimum atomic E-state index is -4.59. The maximum atomic E-state index is 14.3. The van der Waals surface area contributed by atoms with Crippen LogP contribution in [0.1, 0.15) is 204 Å². The molecule has 26 heteroatoms. The predicted octanol–water partition coefficient (Wildman–Crippen LogP) is 12.7. The number of alkyl halides is 8. The molecule has 18 nitrogen and oxygen atoms in total. The fourth-order valence-electron chi connectivity index (χ4n) is 16.4. The van der Waals surface area contributed by atoms with E-state index in [-0.39, 0.29) is 31.0 Å². The van der Waals surface area contributed by atoms with E-state index in [1.807, 2.05) is 13.8 Å². The van der Waals surface area contributed by atoms with Crippen molar-refractivity contribution in [3.05, 3.63) is 0 Å². The Hall–Kier alpha value is -5.33. The molecular weight excluding hydrogens is 1230 g/mol. The third-order valence-electron chi connectivity index (χ3n) is 21.5. The molecule has 0 aliphatic heterocycles. The third kappa shape index (κ3) is 18.0. The van der Waals surface area contributed by atoms with Crippen LogP contribution in [0.25, 0.3) is 0 Å². The van der Waals surface area contributed by atoms with Gasteiger partial charge in [0.2, 0.25) is 0 Å². The van der Waals surface area contributed by atoms with E-state index in [0.29, 0.717) is 113 Å². The lowest BCUT2D eigenvalue weighted by molar-refractivity contribution is -0.271. The van der Waals surface area contributed by atoms with Crippen molar-refractivity contribution < 1.29 is 121 Å². The molecule has 0 atom stereocenters. The summed E-state index contributed by atoms with van der Waals surface area (Å²) in [6, 6.07) is 0. The average molecular weight is 1330 g/mol. The standard InChI is InChI=1S/C23H32F4O6.C22H32F2O6.C21H30F2O6/c1-4-20(2,3)17(28)31-5-6-32-19(30)22(24,25)13-23(26,27)33-18(29)21-10-14-7-15(11-21)9-16(8-14)12-21;1-4-20(2,3)17(25)28-5-6-29-19(27)22(23,24)13-30-18(26)21-10-14-7-15(11-21)9-16(8-14)12-21;1-4-19(2,3)16(24)27-5-6-28-18(26)21(22,23)29-17(25)20-10-13-7-14(11-20)9-15(8-13)12-20/h14-16H,4-13H2,1-3H3;14-16H,4-13H2,1-3H3;13-15H,4-12H2,1-3H3. The monoisotopic (exact) mass is 1330 g/mol. The van der Waals surface area contributed by atoms with E-state index in [9.17, 15) is 78.3 Å². The molecule has 92 heavy (non-hydrogen) atoms. The molecule has 12 fully saturated rings. The highest BCUT2D eigenvalue weighted by molar-refractivity contribution is 5.84. The van der Waals surface area contributed by atoms with E-state index in [1.165, 1.54) is 0 Å². The van der Waals surface area contributed by atoms with Crippen LogP contribution < -0.4 is 0 Å². The second-order valence-corrected chi connectivity index (χ2v) is 30.2. The molecule has 522 valence electrons. The minimum absolute atomic E-state index is 0.283. The van der Waals surface area contributed by atoms with Crippen molar-refractivity contribution in [1.82, 2.24) is 0 Å². The Bertz CT molecular complexity index is 2600. The van der Waals surface area contributed by atoms with Crippen LogP contribution in [0, 0.1) is 85.8 Å². The van der Waals surface area contributed by atoms with Crippen LogP contribution in [-0.2, 0) is 85.8 Å². The first kappa shape index (κ1) is 74.1. The topological polar surface area (TPSA) is 237 Å². The SMILES string of the molecule is CCC(C)(C)C(=O)OCCOC(=O)C(F)(F)CC(F)(F)OC(=O)C12CC3CC(CC(C3)C1)C2.CCC(C)(C)C(=O)OCCOC(=O)C(F)(F)COC(=O)C12CC3CC(CC(C3)C1)C2.CCC(C)(C)C(=O)OCCOC(=O)C(F)(F)OC(=O)C12CC3CC(CC(C3)C1)C2. The lowest BCUT2D eigenvalue weighted by Crippen LogP contribution is -2.52. The lowest BCUT2D eigenvalue weighted by Gasteiger charge is -2.55. The molecule has 0 N–H and O–H groups in total. The maximum Gasteiger partial charge on any atom is 0.504 e. The summed E-state index contributed by atoms with van der Waals surface area (Å²) in [6.45, 7) is 11.3. The molecule has 12 saturated carbocycles. The molecule has 0 unspecified atom stereocenters. The van der Waals surface area contributed by atoms with E-state index < -0.39 is 150 Å². The summed E-state index contributed by atoms with van der Waals surface area (Å²) in [5.41, 5.74) is -4.78. The van der Waals surface area contributed by atoms with Crippen molar-refractivity contribution in [3.63, 3.8) is 0 Å². The number of ether oxygens (including phenoxy) is 9. The zero-order valence-electron chi connectivity index (χ0n) is 54.6. The van der Waals surface area contributed by atoms with Gasteiger partial charge in [-0.2, -0.15) is 35.1 Å². The summed E-state index contributed by atoms with van der Waals surface area (Å²) in [5.74, 6) is -15.3. The van der Waals surface area contributed by atoms with Gasteiger partial charge in [0.1, 0.15) is 46.1 Å². The highest BCUT2D eigenvalue weighted by Crippen LogP contribution is 2.63. The quantitative estimate of drug-likeness (QED) is 0.0321. The zero-order chi connectivity index (χ0) is 68.3. The number of rotatable bonds is 27. The lowest BCUT2D eigenvalue weighted by atomic mass is 9.49. The van der Waals surface area contributed by atoms with Crippen molar-refractivity contribution in [3.8, 4) is 0 Å². The highest BCUT2D eigenvalue weighted by atomic mass is 19.3. The van der Waals surface area contributed by atoms with Gasteiger partial charge >= 0.3 is 77.8 Å². The van der Waals surface area contributed by atoms with Crippen molar-refractivity contribution in [2.45, 2.75) is 228 Å². The third-order valence-corrected chi connectivity index (χ3v) is 21.5. The first-order chi connectivity index (χ1) is 42.6. The summed E-state index contributed by atoms with van der Waals surface area (Å²) >= 11 is 0. The van der Waals surface area contributed by atoms with Gasteiger partial charge in [0.15, 0.2) is 6.61 Å². The number of esters is 9. The Balaban J connectivity index is 0.000000196. The smallest absolute Gasteiger partial charge is 0.462 e. The Morgan fingerprint density at radius 3 is 0.848 bits per heavy atom. The van der Waals surface area contributed by atoms with E-state index in [1.54, 1.807) is 48.5 Å².